The van der Waals surface area contributed by atoms with Crippen LogP contribution in [0.5, 0.6) is 5.75 Å². The number of aromatic hydroxyl groups is 1. The third kappa shape index (κ3) is 4.27. The first-order valence-electron chi connectivity index (χ1n) is 9.38. The highest BCUT2D eigenvalue weighted by molar-refractivity contribution is 8.18. The number of rotatable bonds is 6. The minimum atomic E-state index is -0.244. The molecule has 4 rings (SSSR count). The fourth-order valence-electron chi connectivity index (χ4n) is 3.27. The van der Waals surface area contributed by atoms with Crippen LogP contribution in [-0.2, 0) is 11.2 Å². The summed E-state index contributed by atoms with van der Waals surface area (Å²) in [7, 11) is 0. The van der Waals surface area contributed by atoms with Crippen molar-refractivity contribution in [3.8, 4) is 11.4 Å². The number of carbonyl (C=O) groups excluding carboxylic acids is 2. The van der Waals surface area contributed by atoms with E-state index in [4.69, 9.17) is 0 Å². The van der Waals surface area contributed by atoms with Crippen LogP contribution in [0.25, 0.3) is 11.8 Å². The molecule has 1 fully saturated rings. The van der Waals surface area contributed by atoms with Crippen molar-refractivity contribution >= 4 is 29.0 Å². The van der Waals surface area contributed by atoms with Gasteiger partial charge < -0.3 is 9.67 Å². The van der Waals surface area contributed by atoms with Crippen molar-refractivity contribution < 1.29 is 14.7 Å². The third-order valence-corrected chi connectivity index (χ3v) is 5.66. The van der Waals surface area contributed by atoms with Gasteiger partial charge in [-0.1, -0.05) is 30.3 Å². The van der Waals surface area contributed by atoms with Crippen molar-refractivity contribution in [3.63, 3.8) is 0 Å². The van der Waals surface area contributed by atoms with E-state index in [0.29, 0.717) is 11.4 Å². The molecule has 0 saturated carbocycles. The van der Waals surface area contributed by atoms with E-state index < -0.39 is 0 Å². The summed E-state index contributed by atoms with van der Waals surface area (Å²) in [5.74, 6) is -0.0504. The molecule has 1 aliphatic heterocycles. The Morgan fingerprint density at radius 3 is 2.45 bits per heavy atom. The van der Waals surface area contributed by atoms with Gasteiger partial charge in [0.1, 0.15) is 5.75 Å². The van der Waals surface area contributed by atoms with Crippen molar-refractivity contribution in [2.45, 2.75) is 12.8 Å². The van der Waals surface area contributed by atoms with E-state index >= 15 is 0 Å². The van der Waals surface area contributed by atoms with Crippen LogP contribution in [0.2, 0.25) is 0 Å². The highest BCUT2D eigenvalue weighted by Crippen LogP contribution is 2.33. The summed E-state index contributed by atoms with van der Waals surface area (Å²) in [6.45, 7) is 0.413. The number of nitrogens with zero attached hydrogens (tertiary/aromatic N) is 2. The van der Waals surface area contributed by atoms with E-state index in [1.165, 1.54) is 10.5 Å². The Balaban J connectivity index is 1.47. The van der Waals surface area contributed by atoms with Gasteiger partial charge in [0.25, 0.3) is 11.1 Å². The number of benzene rings is 2. The fourth-order valence-corrected chi connectivity index (χ4v) is 4.12. The molecule has 3 aromatic rings. The van der Waals surface area contributed by atoms with E-state index in [9.17, 15) is 14.7 Å². The first kappa shape index (κ1) is 19.1. The molecule has 1 aliphatic rings. The minimum absolute atomic E-state index is 0.194. The standard InChI is InChI=1S/C23H20N2O3S/c26-20-12-10-18(11-13-20)24-14-5-9-19(24)16-21-22(27)25(23(28)29-21)15-4-8-17-6-2-1-3-7-17/h1-3,5-7,9-14,16,26H,4,8,15H2/b21-16+. The number of thioether (sulfide) groups is 1. The van der Waals surface area contributed by atoms with Crippen LogP contribution < -0.4 is 0 Å². The summed E-state index contributed by atoms with van der Waals surface area (Å²) >= 11 is 0.978. The van der Waals surface area contributed by atoms with Gasteiger partial charge in [-0.3, -0.25) is 14.5 Å². The van der Waals surface area contributed by atoms with E-state index in [1.54, 1.807) is 30.3 Å². The van der Waals surface area contributed by atoms with Gasteiger partial charge in [-0.15, -0.1) is 0 Å². The lowest BCUT2D eigenvalue weighted by atomic mass is 10.1. The Labute approximate surface area is 173 Å². The summed E-state index contributed by atoms with van der Waals surface area (Å²) in [4.78, 5) is 26.9. The summed E-state index contributed by atoms with van der Waals surface area (Å²) in [6, 6.07) is 20.6. The fraction of sp³-hybridized carbons (Fsp3) is 0.130. The summed E-state index contributed by atoms with van der Waals surface area (Å²) in [5, 5.41) is 9.25. The monoisotopic (exact) mass is 404 g/mol. The van der Waals surface area contributed by atoms with E-state index in [1.807, 2.05) is 53.2 Å². The first-order chi connectivity index (χ1) is 14.1. The predicted molar refractivity (Wildman–Crippen MR) is 115 cm³/mol. The molecular weight excluding hydrogens is 384 g/mol. The summed E-state index contributed by atoms with van der Waals surface area (Å²) in [5.41, 5.74) is 2.85. The van der Waals surface area contributed by atoms with Gasteiger partial charge in [-0.25, -0.2) is 0 Å². The third-order valence-electron chi connectivity index (χ3n) is 4.75. The molecule has 0 spiro atoms. The lowest BCUT2D eigenvalue weighted by molar-refractivity contribution is -0.122. The minimum Gasteiger partial charge on any atom is -0.508 e. The Morgan fingerprint density at radius 1 is 0.931 bits per heavy atom. The molecule has 0 bridgehead atoms. The zero-order valence-corrected chi connectivity index (χ0v) is 16.5. The molecule has 1 N–H and O–H groups in total. The topological polar surface area (TPSA) is 62.5 Å². The van der Waals surface area contributed by atoms with E-state index in [2.05, 4.69) is 0 Å². The van der Waals surface area contributed by atoms with Gasteiger partial charge in [0, 0.05) is 24.1 Å². The maximum atomic E-state index is 12.8. The molecule has 0 unspecified atom stereocenters. The quantitative estimate of drug-likeness (QED) is 0.597. The number of hydrogen-bond donors (Lipinski definition) is 1. The lowest BCUT2D eigenvalue weighted by Crippen LogP contribution is -2.29. The van der Waals surface area contributed by atoms with Crippen molar-refractivity contribution in [2.75, 3.05) is 6.54 Å². The molecular formula is C23H20N2O3S. The Hall–Kier alpha value is -3.25. The van der Waals surface area contributed by atoms with Gasteiger partial charge in [0.2, 0.25) is 0 Å². The van der Waals surface area contributed by atoms with Crippen LogP contribution in [-0.4, -0.2) is 32.3 Å². The molecule has 2 aromatic carbocycles. The molecule has 0 atom stereocenters. The number of carbonyl (C=O) groups is 2. The smallest absolute Gasteiger partial charge is 0.293 e. The second kappa shape index (κ2) is 8.41. The number of aromatic nitrogens is 1. The average Bonchev–Trinajstić information content (AvgIpc) is 3.29. The van der Waals surface area contributed by atoms with Gasteiger partial charge >= 0.3 is 0 Å². The molecule has 0 radical (unpaired) electrons. The second-order valence-corrected chi connectivity index (χ2v) is 7.74. The maximum absolute atomic E-state index is 12.8. The number of amides is 2. The highest BCUT2D eigenvalue weighted by atomic mass is 32.2. The molecule has 0 aliphatic carbocycles. The number of aryl methyl sites for hydroxylation is 1. The van der Waals surface area contributed by atoms with E-state index in [-0.39, 0.29) is 16.9 Å². The first-order valence-corrected chi connectivity index (χ1v) is 10.2. The molecule has 29 heavy (non-hydrogen) atoms. The zero-order chi connectivity index (χ0) is 20.2. The number of hydrogen-bond acceptors (Lipinski definition) is 4. The van der Waals surface area contributed by atoms with E-state index in [0.717, 1.165) is 36.0 Å². The average molecular weight is 404 g/mol. The van der Waals surface area contributed by atoms with Crippen molar-refractivity contribution in [1.82, 2.24) is 9.47 Å². The van der Waals surface area contributed by atoms with Crippen molar-refractivity contribution in [3.05, 3.63) is 89.1 Å². The highest BCUT2D eigenvalue weighted by Gasteiger charge is 2.34. The van der Waals surface area contributed by atoms with Crippen molar-refractivity contribution in [1.29, 1.82) is 0 Å². The number of phenols is 1. The molecule has 1 saturated heterocycles. The maximum Gasteiger partial charge on any atom is 0.293 e. The molecule has 2 amide bonds. The normalized spacial score (nSPS) is 15.4. The molecule has 1 aromatic heterocycles. The van der Waals surface area contributed by atoms with Crippen LogP contribution >= 0.6 is 11.8 Å². The predicted octanol–water partition coefficient (Wildman–Crippen LogP) is 4.85. The molecule has 2 heterocycles. The van der Waals surface area contributed by atoms with Crippen LogP contribution in [0.3, 0.4) is 0 Å². The van der Waals surface area contributed by atoms with Crippen LogP contribution in [0.1, 0.15) is 17.7 Å². The Bertz CT molecular complexity index is 1060. The van der Waals surface area contributed by atoms with Crippen LogP contribution in [0.15, 0.2) is 77.8 Å². The van der Waals surface area contributed by atoms with Crippen LogP contribution in [0.4, 0.5) is 4.79 Å². The summed E-state index contributed by atoms with van der Waals surface area (Å²) < 4.78 is 1.91. The van der Waals surface area contributed by atoms with Crippen molar-refractivity contribution in [2.24, 2.45) is 0 Å². The Kier molecular flexibility index (Phi) is 5.53. The van der Waals surface area contributed by atoms with Gasteiger partial charge in [-0.05, 0) is 72.6 Å². The van der Waals surface area contributed by atoms with Crippen LogP contribution in [0, 0.1) is 0 Å². The molecule has 146 valence electrons. The van der Waals surface area contributed by atoms with Gasteiger partial charge in [0.15, 0.2) is 0 Å². The SMILES string of the molecule is O=C1S/C(=C/c2cccn2-c2ccc(O)cc2)C(=O)N1CCCc1ccccc1. The second-order valence-electron chi connectivity index (χ2n) is 6.74. The van der Waals surface area contributed by atoms with Gasteiger partial charge in [-0.2, -0.15) is 0 Å². The van der Waals surface area contributed by atoms with Gasteiger partial charge in [0.05, 0.1) is 4.91 Å². The molecule has 5 nitrogen and oxygen atoms in total. The number of phenolic OH excluding ortho intramolecular Hbond substituents is 1. The summed E-state index contributed by atoms with van der Waals surface area (Å²) in [6.07, 6.45) is 5.18. The zero-order valence-electron chi connectivity index (χ0n) is 15.7. The lowest BCUT2D eigenvalue weighted by Gasteiger charge is -2.12. The number of imide groups is 1. The largest absolute Gasteiger partial charge is 0.508 e. The Morgan fingerprint density at radius 2 is 1.69 bits per heavy atom. The molecule has 6 heteroatoms.